The number of benzene rings is 1. The Morgan fingerprint density at radius 2 is 2.06 bits per heavy atom. The first-order valence-electron chi connectivity index (χ1n) is 6.06. The quantitative estimate of drug-likeness (QED) is 0.739. The molecule has 1 N–H and O–H groups in total. The van der Waals surface area contributed by atoms with Crippen molar-refractivity contribution in [2.45, 2.75) is 38.7 Å². The van der Waals surface area contributed by atoms with Crippen molar-refractivity contribution in [3.8, 4) is 0 Å². The van der Waals surface area contributed by atoms with Crippen molar-refractivity contribution >= 4 is 5.97 Å². The monoisotopic (exact) mass is 236 g/mol. The minimum atomic E-state index is -0.341. The van der Waals surface area contributed by atoms with Gasteiger partial charge in [0.05, 0.1) is 12.7 Å². The van der Waals surface area contributed by atoms with E-state index in [1.165, 1.54) is 5.56 Å². The van der Waals surface area contributed by atoms with Crippen LogP contribution in [0.1, 0.15) is 31.7 Å². The van der Waals surface area contributed by atoms with Crippen LogP contribution >= 0.6 is 0 Å². The van der Waals surface area contributed by atoms with Crippen LogP contribution in [0.25, 0.3) is 0 Å². The second kappa shape index (κ2) is 7.85. The van der Waals surface area contributed by atoms with Gasteiger partial charge in [-0.15, -0.1) is 0 Å². The SMILES string of the molecule is CC(O)CCCC(=O)OCCc1ccccc1. The Labute approximate surface area is 102 Å². The summed E-state index contributed by atoms with van der Waals surface area (Å²) in [5, 5.41) is 9.04. The summed E-state index contributed by atoms with van der Waals surface area (Å²) in [6.07, 6.45) is 2.13. The van der Waals surface area contributed by atoms with E-state index in [0.717, 1.165) is 6.42 Å². The van der Waals surface area contributed by atoms with Gasteiger partial charge >= 0.3 is 5.97 Å². The Balaban J connectivity index is 2.08. The highest BCUT2D eigenvalue weighted by Gasteiger charge is 2.04. The first kappa shape index (κ1) is 13.7. The van der Waals surface area contributed by atoms with Crippen molar-refractivity contribution in [1.29, 1.82) is 0 Å². The number of ether oxygens (including phenoxy) is 1. The molecule has 1 aromatic carbocycles. The number of hydrogen-bond donors (Lipinski definition) is 1. The highest BCUT2D eigenvalue weighted by atomic mass is 16.5. The Morgan fingerprint density at radius 1 is 1.35 bits per heavy atom. The zero-order valence-electron chi connectivity index (χ0n) is 10.3. The van der Waals surface area contributed by atoms with Crippen LogP contribution in [-0.2, 0) is 16.0 Å². The van der Waals surface area contributed by atoms with Gasteiger partial charge < -0.3 is 9.84 Å². The molecule has 1 atom stereocenters. The smallest absolute Gasteiger partial charge is 0.305 e. The number of hydrogen-bond acceptors (Lipinski definition) is 3. The number of carbonyl (C=O) groups excluding carboxylic acids is 1. The molecule has 0 bridgehead atoms. The summed E-state index contributed by atoms with van der Waals surface area (Å²) >= 11 is 0. The molecule has 94 valence electrons. The maximum atomic E-state index is 11.3. The number of rotatable bonds is 7. The molecule has 0 saturated heterocycles. The highest BCUT2D eigenvalue weighted by Crippen LogP contribution is 2.03. The molecule has 0 aliphatic heterocycles. The largest absolute Gasteiger partial charge is 0.465 e. The summed E-state index contributed by atoms with van der Waals surface area (Å²) in [6, 6.07) is 9.94. The van der Waals surface area contributed by atoms with Crippen LogP contribution < -0.4 is 0 Å². The molecule has 1 rings (SSSR count). The van der Waals surface area contributed by atoms with E-state index in [9.17, 15) is 4.79 Å². The third kappa shape index (κ3) is 6.74. The molecule has 3 nitrogen and oxygen atoms in total. The van der Waals surface area contributed by atoms with E-state index in [2.05, 4.69) is 0 Å². The molecule has 0 fully saturated rings. The van der Waals surface area contributed by atoms with Crippen molar-refractivity contribution in [2.75, 3.05) is 6.61 Å². The van der Waals surface area contributed by atoms with Gasteiger partial charge in [-0.05, 0) is 25.3 Å². The second-order valence-electron chi connectivity index (χ2n) is 4.20. The van der Waals surface area contributed by atoms with Gasteiger partial charge in [-0.3, -0.25) is 4.79 Å². The third-order valence-electron chi connectivity index (χ3n) is 2.50. The van der Waals surface area contributed by atoms with Crippen LogP contribution in [0.15, 0.2) is 30.3 Å². The van der Waals surface area contributed by atoms with Crippen molar-refractivity contribution in [3.63, 3.8) is 0 Å². The fourth-order valence-electron chi connectivity index (χ4n) is 1.54. The Morgan fingerprint density at radius 3 is 2.71 bits per heavy atom. The lowest BCUT2D eigenvalue weighted by molar-refractivity contribution is -0.143. The van der Waals surface area contributed by atoms with E-state index in [1.807, 2.05) is 30.3 Å². The van der Waals surface area contributed by atoms with Gasteiger partial charge in [-0.2, -0.15) is 0 Å². The molecule has 1 aromatic rings. The topological polar surface area (TPSA) is 46.5 Å². The summed E-state index contributed by atoms with van der Waals surface area (Å²) < 4.78 is 5.11. The standard InChI is InChI=1S/C14H20O3/c1-12(15)6-5-9-14(16)17-11-10-13-7-3-2-4-8-13/h2-4,7-8,12,15H,5-6,9-11H2,1H3. The van der Waals surface area contributed by atoms with Gasteiger partial charge in [-0.25, -0.2) is 0 Å². The molecule has 0 radical (unpaired) electrons. The normalized spacial score (nSPS) is 12.1. The van der Waals surface area contributed by atoms with Gasteiger partial charge in [0, 0.05) is 12.8 Å². The van der Waals surface area contributed by atoms with Crippen molar-refractivity contribution in [1.82, 2.24) is 0 Å². The van der Waals surface area contributed by atoms with E-state index in [-0.39, 0.29) is 12.1 Å². The average molecular weight is 236 g/mol. The van der Waals surface area contributed by atoms with Crippen LogP contribution in [0, 0.1) is 0 Å². The third-order valence-corrected chi connectivity index (χ3v) is 2.50. The molecule has 0 aliphatic carbocycles. The molecule has 3 heteroatoms. The number of carbonyl (C=O) groups is 1. The first-order chi connectivity index (χ1) is 8.18. The van der Waals surface area contributed by atoms with E-state index < -0.39 is 0 Å². The summed E-state index contributed by atoms with van der Waals surface area (Å²) in [5.41, 5.74) is 1.17. The van der Waals surface area contributed by atoms with Gasteiger partial charge in [0.25, 0.3) is 0 Å². The van der Waals surface area contributed by atoms with Gasteiger partial charge in [0.2, 0.25) is 0 Å². The molecular weight excluding hydrogens is 216 g/mol. The lowest BCUT2D eigenvalue weighted by atomic mass is 10.1. The van der Waals surface area contributed by atoms with Crippen molar-refractivity contribution < 1.29 is 14.6 Å². The molecule has 0 spiro atoms. The van der Waals surface area contributed by atoms with Crippen molar-refractivity contribution in [2.24, 2.45) is 0 Å². The van der Waals surface area contributed by atoms with Gasteiger partial charge in [0.1, 0.15) is 0 Å². The number of aliphatic hydroxyl groups excluding tert-OH is 1. The molecular formula is C14H20O3. The average Bonchev–Trinajstić information content (AvgIpc) is 2.30. The predicted octanol–water partition coefficient (Wildman–Crippen LogP) is 2.32. The first-order valence-corrected chi connectivity index (χ1v) is 6.06. The second-order valence-corrected chi connectivity index (χ2v) is 4.20. The van der Waals surface area contributed by atoms with Crippen LogP contribution in [0.2, 0.25) is 0 Å². The summed E-state index contributed by atoms with van der Waals surface area (Å²) in [7, 11) is 0. The van der Waals surface area contributed by atoms with Crippen LogP contribution in [0.4, 0.5) is 0 Å². The van der Waals surface area contributed by atoms with Crippen LogP contribution in [-0.4, -0.2) is 23.8 Å². The molecule has 0 aromatic heterocycles. The fraction of sp³-hybridized carbons (Fsp3) is 0.500. The van der Waals surface area contributed by atoms with Gasteiger partial charge in [0.15, 0.2) is 0 Å². The van der Waals surface area contributed by atoms with Crippen LogP contribution in [0.3, 0.4) is 0 Å². The van der Waals surface area contributed by atoms with Gasteiger partial charge in [-0.1, -0.05) is 30.3 Å². The zero-order valence-corrected chi connectivity index (χ0v) is 10.3. The number of aliphatic hydroxyl groups is 1. The van der Waals surface area contributed by atoms with E-state index in [1.54, 1.807) is 6.92 Å². The maximum absolute atomic E-state index is 11.3. The Bertz CT molecular complexity index is 319. The molecule has 0 aliphatic rings. The van der Waals surface area contributed by atoms with E-state index in [4.69, 9.17) is 9.84 Å². The molecule has 1 unspecified atom stereocenters. The Hall–Kier alpha value is -1.35. The number of esters is 1. The van der Waals surface area contributed by atoms with E-state index in [0.29, 0.717) is 25.9 Å². The highest BCUT2D eigenvalue weighted by molar-refractivity contribution is 5.69. The summed E-state index contributed by atoms with van der Waals surface area (Å²) in [4.78, 5) is 11.3. The minimum absolute atomic E-state index is 0.179. The van der Waals surface area contributed by atoms with Crippen LogP contribution in [0.5, 0.6) is 0 Å². The Kier molecular flexibility index (Phi) is 6.33. The molecule has 17 heavy (non-hydrogen) atoms. The molecule has 0 saturated carbocycles. The summed E-state index contributed by atoms with van der Waals surface area (Å²) in [6.45, 7) is 2.15. The lowest BCUT2D eigenvalue weighted by Gasteiger charge is -2.06. The predicted molar refractivity (Wildman–Crippen MR) is 66.6 cm³/mol. The summed E-state index contributed by atoms with van der Waals surface area (Å²) in [5.74, 6) is -0.179. The zero-order chi connectivity index (χ0) is 12.5. The van der Waals surface area contributed by atoms with E-state index >= 15 is 0 Å². The molecule has 0 heterocycles. The molecule has 0 amide bonds. The lowest BCUT2D eigenvalue weighted by Crippen LogP contribution is -2.09. The minimum Gasteiger partial charge on any atom is -0.465 e. The maximum Gasteiger partial charge on any atom is 0.305 e. The fourth-order valence-corrected chi connectivity index (χ4v) is 1.54. The van der Waals surface area contributed by atoms with Crippen molar-refractivity contribution in [3.05, 3.63) is 35.9 Å².